The highest BCUT2D eigenvalue weighted by Crippen LogP contribution is 2.29. The minimum absolute atomic E-state index is 0.521. The summed E-state index contributed by atoms with van der Waals surface area (Å²) in [7, 11) is 1.81. The van der Waals surface area contributed by atoms with Gasteiger partial charge in [0.15, 0.2) is 5.96 Å². The van der Waals surface area contributed by atoms with Crippen LogP contribution in [0.2, 0.25) is 0 Å². The Bertz CT molecular complexity index is 340. The van der Waals surface area contributed by atoms with Gasteiger partial charge >= 0.3 is 0 Å². The molecule has 2 fully saturated rings. The number of thioether (sulfide) groups is 1. The number of rotatable bonds is 5. The molecule has 0 spiro atoms. The zero-order chi connectivity index (χ0) is 15.1. The van der Waals surface area contributed by atoms with Gasteiger partial charge in [-0.05, 0) is 37.9 Å². The molecule has 4 nitrogen and oxygen atoms in total. The minimum atomic E-state index is -0.523. The lowest BCUT2D eigenvalue weighted by atomic mass is 9.95. The van der Waals surface area contributed by atoms with Gasteiger partial charge in [-0.3, -0.25) is 4.99 Å². The van der Waals surface area contributed by atoms with Crippen LogP contribution >= 0.6 is 11.8 Å². The quantitative estimate of drug-likeness (QED) is 0.539. The Morgan fingerprint density at radius 3 is 2.71 bits per heavy atom. The predicted molar refractivity (Wildman–Crippen MR) is 92.1 cm³/mol. The van der Waals surface area contributed by atoms with Gasteiger partial charge in [0, 0.05) is 24.9 Å². The van der Waals surface area contributed by atoms with Crippen LogP contribution in [0.25, 0.3) is 0 Å². The fourth-order valence-electron chi connectivity index (χ4n) is 3.51. The molecule has 0 aliphatic heterocycles. The van der Waals surface area contributed by atoms with E-state index in [4.69, 9.17) is 0 Å². The van der Waals surface area contributed by atoms with Crippen molar-refractivity contribution >= 4 is 17.7 Å². The molecule has 5 heteroatoms. The average Bonchev–Trinajstić information content (AvgIpc) is 2.91. The van der Waals surface area contributed by atoms with E-state index < -0.39 is 5.60 Å². The van der Waals surface area contributed by atoms with Crippen molar-refractivity contribution in [3.8, 4) is 0 Å². The van der Waals surface area contributed by atoms with Gasteiger partial charge in [0.25, 0.3) is 0 Å². The molecule has 0 saturated heterocycles. The summed E-state index contributed by atoms with van der Waals surface area (Å²) in [6.07, 6.45) is 9.21. The molecule has 0 heterocycles. The zero-order valence-corrected chi connectivity index (χ0v) is 14.3. The van der Waals surface area contributed by atoms with Gasteiger partial charge in [-0.25, -0.2) is 0 Å². The normalized spacial score (nSPS) is 29.4. The summed E-state index contributed by atoms with van der Waals surface area (Å²) in [5, 5.41) is 18.1. The molecular formula is C16H31N3OS. The van der Waals surface area contributed by atoms with Gasteiger partial charge in [0.1, 0.15) is 0 Å². The third kappa shape index (κ3) is 5.37. The summed E-state index contributed by atoms with van der Waals surface area (Å²) in [5.41, 5.74) is -0.523. The van der Waals surface area contributed by atoms with Crippen LogP contribution in [0.5, 0.6) is 0 Å². The standard InChI is InChI=1S/C16H31N3OS/c1-3-21-14-8-6-7-13(11-14)19-15(17-2)18-12-16(20)9-4-5-10-16/h13-14,20H,3-12H2,1-2H3,(H2,17,18,19). The fraction of sp³-hybridized carbons (Fsp3) is 0.938. The molecule has 122 valence electrons. The number of nitrogens with zero attached hydrogens (tertiary/aromatic N) is 1. The maximum atomic E-state index is 10.4. The molecule has 2 aliphatic carbocycles. The van der Waals surface area contributed by atoms with E-state index in [-0.39, 0.29) is 0 Å². The Kier molecular flexibility index (Phi) is 6.68. The molecule has 3 N–H and O–H groups in total. The van der Waals surface area contributed by atoms with Crippen LogP contribution in [0.3, 0.4) is 0 Å². The average molecular weight is 314 g/mol. The molecule has 21 heavy (non-hydrogen) atoms. The second-order valence-electron chi connectivity index (χ2n) is 6.44. The first-order valence-electron chi connectivity index (χ1n) is 8.46. The lowest BCUT2D eigenvalue weighted by Gasteiger charge is -2.31. The Labute approximate surface area is 133 Å². The largest absolute Gasteiger partial charge is 0.388 e. The van der Waals surface area contributed by atoms with Crippen molar-refractivity contribution in [3.05, 3.63) is 0 Å². The Balaban J connectivity index is 1.76. The van der Waals surface area contributed by atoms with Crippen LogP contribution in [0.15, 0.2) is 4.99 Å². The molecule has 2 unspecified atom stereocenters. The first-order chi connectivity index (χ1) is 10.1. The first kappa shape index (κ1) is 16.9. The molecular weight excluding hydrogens is 282 g/mol. The summed E-state index contributed by atoms with van der Waals surface area (Å²) >= 11 is 2.08. The van der Waals surface area contributed by atoms with Crippen LogP contribution in [0.4, 0.5) is 0 Å². The molecule has 0 aromatic rings. The summed E-state index contributed by atoms with van der Waals surface area (Å²) in [6, 6.07) is 0.521. The third-order valence-corrected chi connectivity index (χ3v) is 5.94. The van der Waals surface area contributed by atoms with Crippen LogP contribution < -0.4 is 10.6 Å². The smallest absolute Gasteiger partial charge is 0.191 e. The van der Waals surface area contributed by atoms with Crippen LogP contribution in [-0.4, -0.2) is 47.3 Å². The van der Waals surface area contributed by atoms with Gasteiger partial charge in [-0.15, -0.1) is 0 Å². The van der Waals surface area contributed by atoms with E-state index in [9.17, 15) is 5.11 Å². The lowest BCUT2D eigenvalue weighted by Crippen LogP contribution is -2.50. The number of hydrogen-bond donors (Lipinski definition) is 3. The molecule has 2 aliphatic rings. The highest BCUT2D eigenvalue weighted by Gasteiger charge is 2.31. The van der Waals surface area contributed by atoms with E-state index in [1.807, 2.05) is 7.05 Å². The second-order valence-corrected chi connectivity index (χ2v) is 8.02. The second kappa shape index (κ2) is 8.28. The summed E-state index contributed by atoms with van der Waals surface area (Å²) in [6.45, 7) is 2.86. The van der Waals surface area contributed by atoms with E-state index in [2.05, 4.69) is 34.3 Å². The summed E-state index contributed by atoms with van der Waals surface area (Å²) in [4.78, 5) is 4.32. The van der Waals surface area contributed by atoms with Crippen molar-refractivity contribution in [1.29, 1.82) is 0 Å². The monoisotopic (exact) mass is 313 g/mol. The summed E-state index contributed by atoms with van der Waals surface area (Å²) in [5.74, 6) is 2.06. The maximum absolute atomic E-state index is 10.4. The van der Waals surface area contributed by atoms with E-state index >= 15 is 0 Å². The maximum Gasteiger partial charge on any atom is 0.191 e. The van der Waals surface area contributed by atoms with Gasteiger partial charge in [0.05, 0.1) is 5.60 Å². The van der Waals surface area contributed by atoms with Gasteiger partial charge < -0.3 is 15.7 Å². The van der Waals surface area contributed by atoms with E-state index in [1.165, 1.54) is 31.4 Å². The number of aliphatic imine (C=N–C) groups is 1. The number of hydrogen-bond acceptors (Lipinski definition) is 3. The van der Waals surface area contributed by atoms with Crippen LogP contribution in [-0.2, 0) is 0 Å². The molecule has 2 atom stereocenters. The van der Waals surface area contributed by atoms with Crippen molar-refractivity contribution in [3.63, 3.8) is 0 Å². The SMILES string of the molecule is CCSC1CCCC(NC(=NC)NCC2(O)CCCC2)C1. The van der Waals surface area contributed by atoms with Crippen molar-refractivity contribution < 1.29 is 5.11 Å². The number of guanidine groups is 1. The van der Waals surface area contributed by atoms with Gasteiger partial charge in [-0.2, -0.15) is 11.8 Å². The molecule has 2 saturated carbocycles. The Hall–Kier alpha value is -0.420. The van der Waals surface area contributed by atoms with Gasteiger partial charge in [-0.1, -0.05) is 26.2 Å². The van der Waals surface area contributed by atoms with Crippen molar-refractivity contribution in [2.75, 3.05) is 19.3 Å². The fourth-order valence-corrected chi connectivity index (χ4v) is 4.68. The van der Waals surface area contributed by atoms with Crippen LogP contribution in [0.1, 0.15) is 58.3 Å². The van der Waals surface area contributed by atoms with Crippen molar-refractivity contribution in [2.45, 2.75) is 75.2 Å². The van der Waals surface area contributed by atoms with E-state index in [0.717, 1.165) is 36.9 Å². The predicted octanol–water partition coefficient (Wildman–Crippen LogP) is 2.52. The number of nitrogens with one attached hydrogen (secondary N) is 2. The third-order valence-electron chi connectivity index (χ3n) is 4.71. The van der Waals surface area contributed by atoms with E-state index in [0.29, 0.717) is 12.6 Å². The zero-order valence-electron chi connectivity index (χ0n) is 13.5. The topological polar surface area (TPSA) is 56.7 Å². The van der Waals surface area contributed by atoms with Gasteiger partial charge in [0.2, 0.25) is 0 Å². The summed E-state index contributed by atoms with van der Waals surface area (Å²) < 4.78 is 0. The lowest BCUT2D eigenvalue weighted by molar-refractivity contribution is 0.0521. The molecule has 0 aromatic heterocycles. The van der Waals surface area contributed by atoms with Crippen molar-refractivity contribution in [2.24, 2.45) is 4.99 Å². The Morgan fingerprint density at radius 2 is 2.05 bits per heavy atom. The highest BCUT2D eigenvalue weighted by molar-refractivity contribution is 7.99. The molecule has 0 aromatic carbocycles. The van der Waals surface area contributed by atoms with Crippen molar-refractivity contribution in [1.82, 2.24) is 10.6 Å². The first-order valence-corrected chi connectivity index (χ1v) is 9.51. The Morgan fingerprint density at radius 1 is 1.29 bits per heavy atom. The molecule has 0 bridgehead atoms. The van der Waals surface area contributed by atoms with Crippen LogP contribution in [0, 0.1) is 0 Å². The molecule has 0 amide bonds. The minimum Gasteiger partial charge on any atom is -0.388 e. The molecule has 0 radical (unpaired) electrons. The molecule has 2 rings (SSSR count). The van der Waals surface area contributed by atoms with E-state index in [1.54, 1.807) is 0 Å². The number of aliphatic hydroxyl groups is 1. The highest BCUT2D eigenvalue weighted by atomic mass is 32.2.